The van der Waals surface area contributed by atoms with Gasteiger partial charge in [0.1, 0.15) is 11.6 Å². The second-order valence-electron chi connectivity index (χ2n) is 7.31. The van der Waals surface area contributed by atoms with Gasteiger partial charge in [0.25, 0.3) is 0 Å². The predicted molar refractivity (Wildman–Crippen MR) is 108 cm³/mol. The van der Waals surface area contributed by atoms with Gasteiger partial charge in [-0.1, -0.05) is 23.4 Å². The Hall–Kier alpha value is -3.30. The third-order valence-corrected chi connectivity index (χ3v) is 5.36. The normalized spacial score (nSPS) is 21.2. The second kappa shape index (κ2) is 7.51. The molecule has 1 aliphatic rings. The van der Waals surface area contributed by atoms with E-state index < -0.39 is 29.1 Å². The molecular weight excluding hydrogens is 388 g/mol. The van der Waals surface area contributed by atoms with E-state index in [1.54, 1.807) is 23.9 Å². The fourth-order valence-corrected chi connectivity index (χ4v) is 3.89. The standard InChI is InChI=1S/C21H21F2N7/c1-12-20(30(2)29-28-12)13-7-8-16(24)21(25,11-13)17(18-14(22)5-3-9-26-18)19-15(23)6-4-10-27-19/h3-11,16-17H,24-25H2,1-2H3. The molecule has 0 saturated heterocycles. The number of aryl methyl sites for hydroxylation is 2. The molecule has 9 heteroatoms. The van der Waals surface area contributed by atoms with Crippen LogP contribution in [0.5, 0.6) is 0 Å². The van der Waals surface area contributed by atoms with E-state index in [0.717, 1.165) is 5.69 Å². The third kappa shape index (κ3) is 3.21. The van der Waals surface area contributed by atoms with Gasteiger partial charge < -0.3 is 11.5 Å². The van der Waals surface area contributed by atoms with Crippen molar-refractivity contribution in [1.29, 1.82) is 0 Å². The zero-order chi connectivity index (χ0) is 21.5. The Morgan fingerprint density at radius 2 is 1.70 bits per heavy atom. The van der Waals surface area contributed by atoms with Crippen molar-refractivity contribution in [2.24, 2.45) is 18.5 Å². The van der Waals surface area contributed by atoms with Crippen LogP contribution in [-0.2, 0) is 7.05 Å². The predicted octanol–water partition coefficient (Wildman–Crippen LogP) is 2.00. The molecule has 0 aromatic carbocycles. The van der Waals surface area contributed by atoms with Gasteiger partial charge in [-0.2, -0.15) is 0 Å². The monoisotopic (exact) mass is 409 g/mol. The second-order valence-corrected chi connectivity index (χ2v) is 7.31. The number of nitrogens with zero attached hydrogens (tertiary/aromatic N) is 5. The third-order valence-electron chi connectivity index (χ3n) is 5.36. The van der Waals surface area contributed by atoms with Gasteiger partial charge in [0.05, 0.1) is 34.2 Å². The van der Waals surface area contributed by atoms with Crippen LogP contribution in [0.25, 0.3) is 5.57 Å². The molecule has 4 rings (SSSR count). The largest absolute Gasteiger partial charge is 0.323 e. The first kappa shape index (κ1) is 20.0. The lowest BCUT2D eigenvalue weighted by atomic mass is 9.71. The molecule has 0 radical (unpaired) electrons. The number of rotatable bonds is 4. The first-order valence-electron chi connectivity index (χ1n) is 9.36. The summed E-state index contributed by atoms with van der Waals surface area (Å²) in [5.41, 5.74) is 13.8. The molecule has 0 aliphatic heterocycles. The van der Waals surface area contributed by atoms with Crippen LogP contribution in [0.1, 0.15) is 28.7 Å². The van der Waals surface area contributed by atoms with Crippen LogP contribution < -0.4 is 11.5 Å². The summed E-state index contributed by atoms with van der Waals surface area (Å²) in [7, 11) is 1.76. The van der Waals surface area contributed by atoms with Crippen LogP contribution in [-0.4, -0.2) is 36.5 Å². The summed E-state index contributed by atoms with van der Waals surface area (Å²) in [6, 6.07) is 4.67. The molecule has 0 saturated carbocycles. The maximum Gasteiger partial charge on any atom is 0.145 e. The van der Waals surface area contributed by atoms with Crippen LogP contribution in [0, 0.1) is 18.6 Å². The first-order chi connectivity index (χ1) is 14.3. The average molecular weight is 409 g/mol. The first-order valence-corrected chi connectivity index (χ1v) is 9.36. The minimum Gasteiger partial charge on any atom is -0.323 e. The van der Waals surface area contributed by atoms with Crippen molar-refractivity contribution in [2.45, 2.75) is 24.4 Å². The van der Waals surface area contributed by atoms with Crippen LogP contribution in [0.4, 0.5) is 8.78 Å². The Kier molecular flexibility index (Phi) is 5.00. The lowest BCUT2D eigenvalue weighted by Gasteiger charge is -2.40. The number of nitrogens with two attached hydrogens (primary N) is 2. The molecule has 30 heavy (non-hydrogen) atoms. The van der Waals surface area contributed by atoms with Crippen molar-refractivity contribution in [3.8, 4) is 0 Å². The highest BCUT2D eigenvalue weighted by Crippen LogP contribution is 2.40. The van der Waals surface area contributed by atoms with Gasteiger partial charge in [-0.15, -0.1) is 5.10 Å². The number of allylic oxidation sites excluding steroid dienone is 2. The Morgan fingerprint density at radius 1 is 1.10 bits per heavy atom. The van der Waals surface area contributed by atoms with Gasteiger partial charge in [0.2, 0.25) is 0 Å². The lowest BCUT2D eigenvalue weighted by molar-refractivity contribution is 0.387. The molecule has 3 aromatic rings. The topological polar surface area (TPSA) is 109 Å². The van der Waals surface area contributed by atoms with Crippen molar-refractivity contribution >= 4 is 5.57 Å². The Labute approximate surface area is 172 Å². The van der Waals surface area contributed by atoms with Crippen molar-refractivity contribution in [3.63, 3.8) is 0 Å². The van der Waals surface area contributed by atoms with Gasteiger partial charge in [0, 0.05) is 25.5 Å². The molecule has 2 unspecified atom stereocenters. The van der Waals surface area contributed by atoms with Crippen LogP contribution in [0.3, 0.4) is 0 Å². The fourth-order valence-electron chi connectivity index (χ4n) is 3.89. The Morgan fingerprint density at radius 3 is 2.20 bits per heavy atom. The van der Waals surface area contributed by atoms with Crippen molar-refractivity contribution < 1.29 is 8.78 Å². The number of hydrogen-bond acceptors (Lipinski definition) is 6. The van der Waals surface area contributed by atoms with Gasteiger partial charge in [-0.25, -0.2) is 13.5 Å². The minimum atomic E-state index is -1.43. The zero-order valence-electron chi connectivity index (χ0n) is 16.5. The average Bonchev–Trinajstić information content (AvgIpc) is 3.05. The Bertz CT molecular complexity index is 1090. The summed E-state index contributed by atoms with van der Waals surface area (Å²) in [6.07, 6.45) is 8.08. The molecule has 1 aliphatic carbocycles. The van der Waals surface area contributed by atoms with E-state index in [2.05, 4.69) is 20.3 Å². The molecule has 7 nitrogen and oxygen atoms in total. The molecular formula is C21H21F2N7. The number of aromatic nitrogens is 5. The van der Waals surface area contributed by atoms with E-state index in [1.807, 2.05) is 13.0 Å². The lowest BCUT2D eigenvalue weighted by Crippen LogP contribution is -2.59. The van der Waals surface area contributed by atoms with Crippen molar-refractivity contribution in [2.75, 3.05) is 0 Å². The summed E-state index contributed by atoms with van der Waals surface area (Å²) < 4.78 is 31.3. The summed E-state index contributed by atoms with van der Waals surface area (Å²) >= 11 is 0. The summed E-state index contributed by atoms with van der Waals surface area (Å²) in [4.78, 5) is 8.35. The van der Waals surface area contributed by atoms with Crippen LogP contribution in [0.15, 0.2) is 54.9 Å². The molecule has 0 amide bonds. The van der Waals surface area contributed by atoms with Gasteiger partial charge in [-0.3, -0.25) is 9.97 Å². The van der Waals surface area contributed by atoms with Gasteiger partial charge in [-0.05, 0) is 36.8 Å². The highest BCUT2D eigenvalue weighted by atomic mass is 19.1. The molecule has 0 bridgehead atoms. The maximum atomic E-state index is 14.8. The maximum absolute atomic E-state index is 14.8. The van der Waals surface area contributed by atoms with Crippen molar-refractivity contribution in [1.82, 2.24) is 25.0 Å². The van der Waals surface area contributed by atoms with E-state index >= 15 is 0 Å². The van der Waals surface area contributed by atoms with E-state index in [1.165, 1.54) is 36.7 Å². The molecule has 154 valence electrons. The Balaban J connectivity index is 1.96. The van der Waals surface area contributed by atoms with Crippen molar-refractivity contribution in [3.05, 3.63) is 89.3 Å². The van der Waals surface area contributed by atoms with Gasteiger partial charge >= 0.3 is 0 Å². The minimum absolute atomic E-state index is 0.0289. The van der Waals surface area contributed by atoms with Gasteiger partial charge in [0.15, 0.2) is 0 Å². The SMILES string of the molecule is Cc1nnn(C)c1C1=CC(N)(C(c2ncccc2F)c2ncccc2F)C(N)C=C1. The molecule has 3 heterocycles. The van der Waals surface area contributed by atoms with E-state index in [0.29, 0.717) is 11.3 Å². The number of pyridine rings is 2. The summed E-state index contributed by atoms with van der Waals surface area (Å²) in [5, 5.41) is 8.09. The molecule has 0 fully saturated rings. The van der Waals surface area contributed by atoms with E-state index in [4.69, 9.17) is 11.5 Å². The smallest absolute Gasteiger partial charge is 0.145 e. The molecule has 3 aromatic heterocycles. The number of halogens is 2. The summed E-state index contributed by atoms with van der Waals surface area (Å²) in [5.74, 6) is -2.31. The highest BCUT2D eigenvalue weighted by Gasteiger charge is 2.45. The van der Waals surface area contributed by atoms with E-state index in [9.17, 15) is 8.78 Å². The van der Waals surface area contributed by atoms with Crippen LogP contribution in [0.2, 0.25) is 0 Å². The quantitative estimate of drug-likeness (QED) is 0.682. The molecule has 4 N–H and O–H groups in total. The fraction of sp³-hybridized carbons (Fsp3) is 0.238. The summed E-state index contributed by atoms with van der Waals surface area (Å²) in [6.45, 7) is 1.82. The highest BCUT2D eigenvalue weighted by molar-refractivity contribution is 5.76. The molecule has 2 atom stereocenters. The van der Waals surface area contributed by atoms with Crippen LogP contribution >= 0.6 is 0 Å². The zero-order valence-corrected chi connectivity index (χ0v) is 16.5. The number of hydrogen-bond donors (Lipinski definition) is 2. The van der Waals surface area contributed by atoms with E-state index in [-0.39, 0.29) is 11.4 Å². The molecule has 0 spiro atoms.